The lowest BCUT2D eigenvalue weighted by atomic mass is 9.95. The molecule has 1 heterocycles. The summed E-state index contributed by atoms with van der Waals surface area (Å²) in [6.07, 6.45) is 6.03. The van der Waals surface area contributed by atoms with E-state index in [0.29, 0.717) is 13.1 Å². The molecule has 1 aliphatic rings. The Labute approximate surface area is 108 Å². The standard InChI is InChI=1S/C15H18N2O/c1-3-9-17(4-2)15(18)14-10-12-7-5-6-8-13(12)11-16-14/h1,5-8,14,16H,4,9-11H2,2H3/t14-/m0/s1. The highest BCUT2D eigenvalue weighted by atomic mass is 16.2. The fraction of sp³-hybridized carbons (Fsp3) is 0.400. The maximum absolute atomic E-state index is 12.3. The molecule has 0 aromatic heterocycles. The maximum Gasteiger partial charge on any atom is 0.240 e. The van der Waals surface area contributed by atoms with Crippen molar-refractivity contribution in [3.05, 3.63) is 35.4 Å². The van der Waals surface area contributed by atoms with Gasteiger partial charge in [0.25, 0.3) is 0 Å². The molecule has 0 spiro atoms. The van der Waals surface area contributed by atoms with Gasteiger partial charge >= 0.3 is 0 Å². The number of carbonyl (C=O) groups excluding carboxylic acids is 1. The first kappa shape index (κ1) is 12.7. The van der Waals surface area contributed by atoms with E-state index in [-0.39, 0.29) is 11.9 Å². The fourth-order valence-electron chi connectivity index (χ4n) is 2.31. The van der Waals surface area contributed by atoms with Crippen LogP contribution in [0.25, 0.3) is 0 Å². The van der Waals surface area contributed by atoms with Crippen molar-refractivity contribution in [3.8, 4) is 12.3 Å². The number of rotatable bonds is 3. The molecule has 18 heavy (non-hydrogen) atoms. The molecule has 0 aliphatic carbocycles. The van der Waals surface area contributed by atoms with E-state index in [1.807, 2.05) is 19.1 Å². The Bertz CT molecular complexity index is 476. The van der Waals surface area contributed by atoms with Crippen LogP contribution < -0.4 is 5.32 Å². The number of nitrogens with one attached hydrogen (secondary N) is 1. The molecule has 0 bridgehead atoms. The average Bonchev–Trinajstić information content (AvgIpc) is 2.43. The number of carbonyl (C=O) groups is 1. The van der Waals surface area contributed by atoms with Crippen molar-refractivity contribution in [2.75, 3.05) is 13.1 Å². The van der Waals surface area contributed by atoms with E-state index in [4.69, 9.17) is 6.42 Å². The van der Waals surface area contributed by atoms with E-state index < -0.39 is 0 Å². The minimum absolute atomic E-state index is 0.102. The first-order chi connectivity index (χ1) is 8.76. The summed E-state index contributed by atoms with van der Waals surface area (Å²) in [6, 6.07) is 8.09. The Hall–Kier alpha value is -1.79. The van der Waals surface area contributed by atoms with Crippen LogP contribution in [0.1, 0.15) is 18.1 Å². The Balaban J connectivity index is 2.09. The van der Waals surface area contributed by atoms with Crippen molar-refractivity contribution in [1.82, 2.24) is 10.2 Å². The number of nitrogens with zero attached hydrogens (tertiary/aromatic N) is 1. The molecule has 2 rings (SSSR count). The summed E-state index contributed by atoms with van der Waals surface area (Å²) in [5, 5.41) is 3.29. The largest absolute Gasteiger partial charge is 0.330 e. The molecule has 1 atom stereocenters. The lowest BCUT2D eigenvalue weighted by Gasteiger charge is -2.29. The third-order valence-corrected chi connectivity index (χ3v) is 3.35. The number of terminal acetylenes is 1. The summed E-state index contributed by atoms with van der Waals surface area (Å²) < 4.78 is 0. The van der Waals surface area contributed by atoms with Crippen LogP contribution in [0.15, 0.2) is 24.3 Å². The normalized spacial score (nSPS) is 17.7. The Kier molecular flexibility index (Phi) is 4.01. The second-order valence-electron chi connectivity index (χ2n) is 4.46. The molecule has 1 aliphatic heterocycles. The minimum Gasteiger partial charge on any atom is -0.330 e. The number of amides is 1. The zero-order valence-electron chi connectivity index (χ0n) is 10.6. The quantitative estimate of drug-likeness (QED) is 0.807. The van der Waals surface area contributed by atoms with Gasteiger partial charge in [0.2, 0.25) is 5.91 Å². The lowest BCUT2D eigenvalue weighted by Crippen LogP contribution is -2.49. The van der Waals surface area contributed by atoms with Gasteiger partial charge < -0.3 is 10.2 Å². The van der Waals surface area contributed by atoms with E-state index in [2.05, 4.69) is 23.4 Å². The molecule has 3 nitrogen and oxygen atoms in total. The number of hydrogen-bond acceptors (Lipinski definition) is 2. The molecule has 0 saturated heterocycles. The van der Waals surface area contributed by atoms with Crippen LogP contribution in [-0.4, -0.2) is 29.9 Å². The van der Waals surface area contributed by atoms with E-state index in [1.54, 1.807) is 4.90 Å². The zero-order chi connectivity index (χ0) is 13.0. The van der Waals surface area contributed by atoms with Crippen LogP contribution in [0.5, 0.6) is 0 Å². The third kappa shape index (κ3) is 2.55. The van der Waals surface area contributed by atoms with Crippen molar-refractivity contribution in [2.24, 2.45) is 0 Å². The van der Waals surface area contributed by atoms with Crippen LogP contribution >= 0.6 is 0 Å². The molecule has 3 heteroatoms. The minimum atomic E-state index is -0.145. The molecular weight excluding hydrogens is 224 g/mol. The Morgan fingerprint density at radius 2 is 2.22 bits per heavy atom. The summed E-state index contributed by atoms with van der Waals surface area (Å²) in [7, 11) is 0. The highest BCUT2D eigenvalue weighted by Gasteiger charge is 2.26. The van der Waals surface area contributed by atoms with Gasteiger partial charge in [-0.3, -0.25) is 4.79 Å². The topological polar surface area (TPSA) is 32.3 Å². The molecule has 0 fully saturated rings. The lowest BCUT2D eigenvalue weighted by molar-refractivity contribution is -0.132. The molecule has 0 saturated carbocycles. The van der Waals surface area contributed by atoms with Gasteiger partial charge in [-0.05, 0) is 24.5 Å². The number of hydrogen-bond donors (Lipinski definition) is 1. The average molecular weight is 242 g/mol. The van der Waals surface area contributed by atoms with Crippen LogP contribution in [0, 0.1) is 12.3 Å². The highest BCUT2D eigenvalue weighted by Crippen LogP contribution is 2.17. The fourth-order valence-corrected chi connectivity index (χ4v) is 2.31. The van der Waals surface area contributed by atoms with Gasteiger partial charge in [-0.1, -0.05) is 30.2 Å². The maximum atomic E-state index is 12.3. The van der Waals surface area contributed by atoms with Gasteiger partial charge in [0.15, 0.2) is 0 Å². The predicted molar refractivity (Wildman–Crippen MR) is 71.9 cm³/mol. The smallest absolute Gasteiger partial charge is 0.240 e. The summed E-state index contributed by atoms with van der Waals surface area (Å²) in [5.74, 6) is 2.64. The molecular formula is C15H18N2O. The second-order valence-corrected chi connectivity index (χ2v) is 4.46. The van der Waals surface area contributed by atoms with Crippen molar-refractivity contribution in [1.29, 1.82) is 0 Å². The first-order valence-corrected chi connectivity index (χ1v) is 6.28. The van der Waals surface area contributed by atoms with E-state index in [0.717, 1.165) is 13.0 Å². The van der Waals surface area contributed by atoms with Gasteiger partial charge in [0.1, 0.15) is 0 Å². The monoisotopic (exact) mass is 242 g/mol. The number of fused-ring (bicyclic) bond motifs is 1. The molecule has 1 aromatic rings. The third-order valence-electron chi connectivity index (χ3n) is 3.35. The van der Waals surface area contributed by atoms with E-state index in [1.165, 1.54) is 11.1 Å². The molecule has 1 N–H and O–H groups in total. The van der Waals surface area contributed by atoms with E-state index >= 15 is 0 Å². The number of benzene rings is 1. The SMILES string of the molecule is C#CCN(CC)C(=O)[C@@H]1Cc2ccccc2CN1. The molecule has 0 unspecified atom stereocenters. The van der Waals surface area contributed by atoms with Gasteiger partial charge in [-0.15, -0.1) is 6.42 Å². The van der Waals surface area contributed by atoms with Gasteiger partial charge in [-0.2, -0.15) is 0 Å². The van der Waals surface area contributed by atoms with Crippen LogP contribution in [0.4, 0.5) is 0 Å². The molecule has 1 amide bonds. The zero-order valence-corrected chi connectivity index (χ0v) is 10.6. The van der Waals surface area contributed by atoms with E-state index in [9.17, 15) is 4.79 Å². The first-order valence-electron chi connectivity index (χ1n) is 6.28. The van der Waals surface area contributed by atoms with Crippen molar-refractivity contribution in [2.45, 2.75) is 25.9 Å². The molecule has 94 valence electrons. The van der Waals surface area contributed by atoms with Crippen molar-refractivity contribution >= 4 is 5.91 Å². The van der Waals surface area contributed by atoms with Gasteiger partial charge in [0, 0.05) is 13.1 Å². The van der Waals surface area contributed by atoms with Crippen LogP contribution in [0.3, 0.4) is 0 Å². The van der Waals surface area contributed by atoms with Crippen molar-refractivity contribution < 1.29 is 4.79 Å². The summed E-state index contributed by atoms with van der Waals surface area (Å²) in [5.41, 5.74) is 2.54. The highest BCUT2D eigenvalue weighted by molar-refractivity contribution is 5.82. The summed E-state index contributed by atoms with van der Waals surface area (Å²) in [6.45, 7) is 3.74. The Morgan fingerprint density at radius 3 is 2.89 bits per heavy atom. The number of likely N-dealkylation sites (N-methyl/N-ethyl adjacent to an activating group) is 1. The van der Waals surface area contributed by atoms with Gasteiger partial charge in [0.05, 0.1) is 12.6 Å². The molecule has 0 radical (unpaired) electrons. The van der Waals surface area contributed by atoms with Crippen LogP contribution in [0.2, 0.25) is 0 Å². The second kappa shape index (κ2) is 5.70. The van der Waals surface area contributed by atoms with Crippen LogP contribution in [-0.2, 0) is 17.8 Å². The van der Waals surface area contributed by atoms with Crippen molar-refractivity contribution in [3.63, 3.8) is 0 Å². The van der Waals surface area contributed by atoms with Gasteiger partial charge in [-0.25, -0.2) is 0 Å². The summed E-state index contributed by atoms with van der Waals surface area (Å²) >= 11 is 0. The predicted octanol–water partition coefficient (Wildman–Crippen LogP) is 1.18. The Morgan fingerprint density at radius 1 is 1.50 bits per heavy atom. The summed E-state index contributed by atoms with van der Waals surface area (Å²) in [4.78, 5) is 14.0. The molecule has 1 aromatic carbocycles.